The first-order valence-electron chi connectivity index (χ1n) is 8.62. The summed E-state index contributed by atoms with van der Waals surface area (Å²) in [4.78, 5) is 8.83. The number of anilines is 1. The van der Waals surface area contributed by atoms with Crippen LogP contribution in [0.2, 0.25) is 0 Å². The van der Waals surface area contributed by atoms with Crippen LogP contribution < -0.4 is 5.32 Å². The van der Waals surface area contributed by atoms with Gasteiger partial charge in [0, 0.05) is 19.4 Å². The van der Waals surface area contributed by atoms with E-state index in [0.29, 0.717) is 18.4 Å². The van der Waals surface area contributed by atoms with Gasteiger partial charge in [0.25, 0.3) is 0 Å². The Hall–Kier alpha value is -2.62. The highest BCUT2D eigenvalue weighted by Crippen LogP contribution is 2.35. The van der Waals surface area contributed by atoms with Gasteiger partial charge in [0.2, 0.25) is 5.95 Å². The minimum Gasteiger partial charge on any atom is -0.467 e. The van der Waals surface area contributed by atoms with Crippen molar-refractivity contribution >= 4 is 5.95 Å². The molecule has 0 spiro atoms. The minimum atomic E-state index is 0. The van der Waals surface area contributed by atoms with Crippen LogP contribution in [0.4, 0.5) is 5.95 Å². The predicted molar refractivity (Wildman–Crippen MR) is 103 cm³/mol. The molecule has 0 saturated carbocycles. The van der Waals surface area contributed by atoms with Gasteiger partial charge in [-0.15, -0.1) is 0 Å². The zero-order valence-electron chi connectivity index (χ0n) is 15.3. The summed E-state index contributed by atoms with van der Waals surface area (Å²) in [5.41, 5.74) is 3.73. The summed E-state index contributed by atoms with van der Waals surface area (Å²) in [5, 5.41) is 3.16. The molecular formula is C21H27N3O. The first kappa shape index (κ1) is 17.2. The second kappa shape index (κ2) is 7.09. The number of rotatable bonds is 5. The van der Waals surface area contributed by atoms with Crippen molar-refractivity contribution in [3.05, 3.63) is 66.4 Å². The maximum atomic E-state index is 5.29. The van der Waals surface area contributed by atoms with Gasteiger partial charge in [-0.05, 0) is 34.6 Å². The van der Waals surface area contributed by atoms with Crippen LogP contribution in [0.15, 0.2) is 59.5 Å². The Morgan fingerprint density at radius 2 is 1.84 bits per heavy atom. The maximum Gasteiger partial charge on any atom is 0.222 e. The monoisotopic (exact) mass is 337 g/mol. The number of hydrogen-bond donors (Lipinski definition) is 1. The molecule has 0 fully saturated rings. The van der Waals surface area contributed by atoms with Crippen LogP contribution in [0.3, 0.4) is 0 Å². The molecule has 1 aromatic carbocycles. The van der Waals surface area contributed by atoms with Crippen LogP contribution in [0.5, 0.6) is 0 Å². The van der Waals surface area contributed by atoms with E-state index in [0.717, 1.165) is 16.9 Å². The van der Waals surface area contributed by atoms with Crippen LogP contribution in [0.1, 0.15) is 46.4 Å². The lowest BCUT2D eigenvalue weighted by Crippen LogP contribution is -2.15. The van der Waals surface area contributed by atoms with Gasteiger partial charge in [-0.3, -0.25) is 0 Å². The molecule has 132 valence electrons. The number of benzene rings is 1. The Morgan fingerprint density at radius 1 is 1.08 bits per heavy atom. The van der Waals surface area contributed by atoms with Crippen molar-refractivity contribution in [2.24, 2.45) is 5.41 Å². The minimum absolute atomic E-state index is 0. The standard InChI is InChI=1S/C21H25N3O.H2/c1-15(21(2,3)4)16-7-5-8-17(11-16)18-12-22-20(23-13-18)24-14-19-9-6-10-25-19;/h5-13,15H,14H2,1-4H3,(H,22,23,24);1H/t15-;/m0./s1. The summed E-state index contributed by atoms with van der Waals surface area (Å²) in [5.74, 6) is 1.93. The zero-order chi connectivity index (χ0) is 17.9. The van der Waals surface area contributed by atoms with Crippen molar-refractivity contribution in [2.75, 3.05) is 5.32 Å². The Balaban J connectivity index is 0.00000243. The van der Waals surface area contributed by atoms with Crippen molar-refractivity contribution in [1.29, 1.82) is 0 Å². The van der Waals surface area contributed by atoms with Crippen molar-refractivity contribution in [2.45, 2.75) is 40.2 Å². The number of furan rings is 1. The van der Waals surface area contributed by atoms with Crippen LogP contribution in [-0.2, 0) is 6.54 Å². The molecule has 0 aliphatic heterocycles. The van der Waals surface area contributed by atoms with E-state index in [4.69, 9.17) is 4.42 Å². The van der Waals surface area contributed by atoms with Crippen molar-refractivity contribution in [3.8, 4) is 11.1 Å². The predicted octanol–water partition coefficient (Wildman–Crippen LogP) is 5.74. The molecule has 0 radical (unpaired) electrons. The highest BCUT2D eigenvalue weighted by Gasteiger charge is 2.21. The third kappa shape index (κ3) is 4.27. The van der Waals surface area contributed by atoms with E-state index < -0.39 is 0 Å². The number of aromatic nitrogens is 2. The molecule has 4 nitrogen and oxygen atoms in total. The molecule has 3 aromatic rings. The smallest absolute Gasteiger partial charge is 0.222 e. The molecule has 1 N–H and O–H groups in total. The topological polar surface area (TPSA) is 51.0 Å². The van der Waals surface area contributed by atoms with Gasteiger partial charge >= 0.3 is 0 Å². The Bertz CT molecular complexity index is 808. The lowest BCUT2D eigenvalue weighted by Gasteiger charge is -2.28. The number of nitrogens with one attached hydrogen (secondary N) is 1. The quantitative estimate of drug-likeness (QED) is 0.644. The average molecular weight is 337 g/mol. The Kier molecular flexibility index (Phi) is 4.88. The summed E-state index contributed by atoms with van der Waals surface area (Å²) >= 11 is 0. The summed E-state index contributed by atoms with van der Waals surface area (Å²) in [7, 11) is 0. The molecule has 0 bridgehead atoms. The molecule has 2 aromatic heterocycles. The van der Waals surface area contributed by atoms with Gasteiger partial charge in [-0.1, -0.05) is 52.0 Å². The summed E-state index contributed by atoms with van der Waals surface area (Å²) in [6, 6.07) is 12.4. The highest BCUT2D eigenvalue weighted by molar-refractivity contribution is 5.63. The maximum absolute atomic E-state index is 5.29. The highest BCUT2D eigenvalue weighted by atomic mass is 16.3. The van der Waals surface area contributed by atoms with E-state index in [1.54, 1.807) is 6.26 Å². The second-order valence-corrected chi connectivity index (χ2v) is 7.44. The van der Waals surface area contributed by atoms with Gasteiger partial charge in [-0.2, -0.15) is 0 Å². The van der Waals surface area contributed by atoms with E-state index in [1.165, 1.54) is 5.56 Å². The average Bonchev–Trinajstić information content (AvgIpc) is 3.13. The number of nitrogens with zero attached hydrogens (tertiary/aromatic N) is 2. The van der Waals surface area contributed by atoms with Gasteiger partial charge in [0.05, 0.1) is 12.8 Å². The van der Waals surface area contributed by atoms with E-state index in [9.17, 15) is 0 Å². The fourth-order valence-corrected chi connectivity index (χ4v) is 2.64. The fourth-order valence-electron chi connectivity index (χ4n) is 2.64. The third-order valence-corrected chi connectivity index (χ3v) is 4.67. The second-order valence-electron chi connectivity index (χ2n) is 7.44. The van der Waals surface area contributed by atoms with Crippen molar-refractivity contribution < 1.29 is 5.84 Å². The first-order chi connectivity index (χ1) is 11.9. The SMILES string of the molecule is C[C@@H](c1cccc(-c2cnc(NCc3ccco3)nc2)c1)C(C)(C)C.[HH]. The van der Waals surface area contributed by atoms with E-state index in [-0.39, 0.29) is 6.84 Å². The molecule has 0 aliphatic carbocycles. The number of hydrogen-bond acceptors (Lipinski definition) is 4. The molecule has 0 unspecified atom stereocenters. The van der Waals surface area contributed by atoms with E-state index >= 15 is 0 Å². The van der Waals surface area contributed by atoms with E-state index in [1.807, 2.05) is 24.5 Å². The van der Waals surface area contributed by atoms with Gasteiger partial charge < -0.3 is 9.73 Å². The van der Waals surface area contributed by atoms with Crippen LogP contribution >= 0.6 is 0 Å². The van der Waals surface area contributed by atoms with Gasteiger partial charge in [0.15, 0.2) is 0 Å². The lowest BCUT2D eigenvalue weighted by atomic mass is 9.77. The molecule has 0 amide bonds. The fraction of sp³-hybridized carbons (Fsp3) is 0.333. The normalized spacial score (nSPS) is 12.8. The van der Waals surface area contributed by atoms with Crippen molar-refractivity contribution in [3.63, 3.8) is 0 Å². The van der Waals surface area contributed by atoms with Crippen LogP contribution in [-0.4, -0.2) is 9.97 Å². The third-order valence-electron chi connectivity index (χ3n) is 4.67. The van der Waals surface area contributed by atoms with Gasteiger partial charge in [-0.25, -0.2) is 9.97 Å². The van der Waals surface area contributed by atoms with Gasteiger partial charge in [0.1, 0.15) is 5.76 Å². The molecule has 3 rings (SSSR count). The molecule has 4 heteroatoms. The zero-order valence-corrected chi connectivity index (χ0v) is 15.3. The molecule has 0 aliphatic rings. The Morgan fingerprint density at radius 3 is 2.48 bits per heavy atom. The Labute approximate surface area is 150 Å². The molecule has 25 heavy (non-hydrogen) atoms. The molecular weight excluding hydrogens is 310 g/mol. The van der Waals surface area contributed by atoms with Crippen LogP contribution in [0, 0.1) is 5.41 Å². The summed E-state index contributed by atoms with van der Waals surface area (Å²) in [6.45, 7) is 9.66. The molecule has 1 atom stereocenters. The molecule has 0 saturated heterocycles. The summed E-state index contributed by atoms with van der Waals surface area (Å²) in [6.07, 6.45) is 5.38. The van der Waals surface area contributed by atoms with Crippen molar-refractivity contribution in [1.82, 2.24) is 9.97 Å². The summed E-state index contributed by atoms with van der Waals surface area (Å²) < 4.78 is 5.29. The van der Waals surface area contributed by atoms with E-state index in [2.05, 4.69) is 67.2 Å². The lowest BCUT2D eigenvalue weighted by molar-refractivity contribution is 0.339. The largest absolute Gasteiger partial charge is 0.467 e. The molecule has 2 heterocycles. The van der Waals surface area contributed by atoms with Crippen LogP contribution in [0.25, 0.3) is 11.1 Å². The first-order valence-corrected chi connectivity index (χ1v) is 8.62.